The number of rotatable bonds is 3. The summed E-state index contributed by atoms with van der Waals surface area (Å²) in [6, 6.07) is 8.85. The Morgan fingerprint density at radius 1 is 1.46 bits per heavy atom. The van der Waals surface area contributed by atoms with Gasteiger partial charge in [0.25, 0.3) is 5.91 Å². The van der Waals surface area contributed by atoms with Crippen LogP contribution in [0.5, 0.6) is 0 Å². The molecule has 6 nitrogen and oxygen atoms in total. The molecule has 1 aliphatic heterocycles. The summed E-state index contributed by atoms with van der Waals surface area (Å²) in [5.74, 6) is 1.12. The van der Waals surface area contributed by atoms with Crippen molar-refractivity contribution in [2.45, 2.75) is 32.2 Å². The molecule has 1 amide bonds. The number of carbonyl (C=O) groups is 1. The molecular formula is C17H19N5OS. The fourth-order valence-corrected chi connectivity index (χ4v) is 3.46. The van der Waals surface area contributed by atoms with E-state index < -0.39 is 0 Å². The van der Waals surface area contributed by atoms with Crippen molar-refractivity contribution in [1.82, 2.24) is 19.7 Å². The highest BCUT2D eigenvalue weighted by molar-refractivity contribution is 7.71. The highest BCUT2D eigenvalue weighted by atomic mass is 32.1. The molecule has 7 heteroatoms. The Hall–Kier alpha value is -2.46. The van der Waals surface area contributed by atoms with Crippen molar-refractivity contribution in [2.24, 2.45) is 0 Å². The number of hydrogen-bond donors (Lipinski definition) is 1. The molecule has 1 aliphatic rings. The summed E-state index contributed by atoms with van der Waals surface area (Å²) in [6.07, 6.45) is 1.94. The third-order valence-electron chi connectivity index (χ3n) is 4.44. The van der Waals surface area contributed by atoms with E-state index in [1.807, 2.05) is 16.4 Å². The van der Waals surface area contributed by atoms with Gasteiger partial charge in [0.1, 0.15) is 5.82 Å². The second-order valence-electron chi connectivity index (χ2n) is 5.91. The second kappa shape index (κ2) is 6.97. The van der Waals surface area contributed by atoms with Crippen LogP contribution >= 0.6 is 12.2 Å². The van der Waals surface area contributed by atoms with Gasteiger partial charge >= 0.3 is 0 Å². The van der Waals surface area contributed by atoms with Crippen molar-refractivity contribution in [2.75, 3.05) is 13.1 Å². The molecule has 3 rings (SSSR count). The highest BCUT2D eigenvalue weighted by Crippen LogP contribution is 2.26. The number of nitrogens with one attached hydrogen (secondary N) is 1. The molecule has 1 atom stereocenters. The molecule has 24 heavy (non-hydrogen) atoms. The molecule has 0 aliphatic carbocycles. The summed E-state index contributed by atoms with van der Waals surface area (Å²) < 4.78 is 2.62. The number of hydrogen-bond acceptors (Lipinski definition) is 4. The second-order valence-corrected chi connectivity index (χ2v) is 6.30. The standard InChI is InChI=1S/C17H19N5OS/c1-2-22-15(19-20-17(22)24)14-4-3-9-21(11-14)16(23)13-7-5-12(10-18)6-8-13/h5-8,14H,2-4,9,11H2,1H3,(H,20,24)/t14-/m0/s1. The van der Waals surface area contributed by atoms with Crippen LogP contribution in [0.4, 0.5) is 0 Å². The van der Waals surface area contributed by atoms with Crippen LogP contribution in [0, 0.1) is 16.1 Å². The highest BCUT2D eigenvalue weighted by Gasteiger charge is 2.28. The third-order valence-corrected chi connectivity index (χ3v) is 4.75. The number of likely N-dealkylation sites (tertiary alicyclic amines) is 1. The minimum Gasteiger partial charge on any atom is -0.338 e. The molecule has 1 aromatic heterocycles. The van der Waals surface area contributed by atoms with Crippen molar-refractivity contribution >= 4 is 18.1 Å². The molecule has 1 N–H and O–H groups in total. The lowest BCUT2D eigenvalue weighted by Crippen LogP contribution is -2.39. The van der Waals surface area contributed by atoms with Gasteiger partial charge in [-0.25, -0.2) is 0 Å². The summed E-state index contributed by atoms with van der Waals surface area (Å²) in [5.41, 5.74) is 1.17. The molecular weight excluding hydrogens is 322 g/mol. The van der Waals surface area contributed by atoms with E-state index in [1.54, 1.807) is 24.3 Å². The summed E-state index contributed by atoms with van der Waals surface area (Å²) in [5, 5.41) is 16.1. The lowest BCUT2D eigenvalue weighted by molar-refractivity contribution is 0.0703. The predicted octanol–water partition coefficient (Wildman–Crippen LogP) is 2.85. The SMILES string of the molecule is CCn1c([C@H]2CCCN(C(=O)c3ccc(C#N)cc3)C2)n[nH]c1=S. The van der Waals surface area contributed by atoms with Crippen LogP contribution < -0.4 is 0 Å². The molecule has 0 bridgehead atoms. The lowest BCUT2D eigenvalue weighted by atomic mass is 9.96. The fourth-order valence-electron chi connectivity index (χ4n) is 3.19. The van der Waals surface area contributed by atoms with E-state index in [-0.39, 0.29) is 11.8 Å². The number of aromatic nitrogens is 3. The number of nitrogens with zero attached hydrogens (tertiary/aromatic N) is 4. The smallest absolute Gasteiger partial charge is 0.253 e. The molecule has 0 saturated carbocycles. The first kappa shape index (κ1) is 16.4. The largest absolute Gasteiger partial charge is 0.338 e. The lowest BCUT2D eigenvalue weighted by Gasteiger charge is -2.32. The Balaban J connectivity index is 1.78. The van der Waals surface area contributed by atoms with E-state index in [2.05, 4.69) is 16.3 Å². The van der Waals surface area contributed by atoms with Crippen LogP contribution in [-0.2, 0) is 6.54 Å². The monoisotopic (exact) mass is 341 g/mol. The zero-order chi connectivity index (χ0) is 17.1. The van der Waals surface area contributed by atoms with Crippen molar-refractivity contribution < 1.29 is 4.79 Å². The first-order valence-corrected chi connectivity index (χ1v) is 8.49. The molecule has 1 saturated heterocycles. The number of aromatic amines is 1. The Labute approximate surface area is 145 Å². The fraction of sp³-hybridized carbons (Fsp3) is 0.412. The zero-order valence-electron chi connectivity index (χ0n) is 13.5. The van der Waals surface area contributed by atoms with Gasteiger partial charge in [0, 0.05) is 31.1 Å². The molecule has 0 spiro atoms. The number of nitriles is 1. The van der Waals surface area contributed by atoms with E-state index in [9.17, 15) is 4.79 Å². The minimum absolute atomic E-state index is 0.00127. The Morgan fingerprint density at radius 2 is 2.21 bits per heavy atom. The predicted molar refractivity (Wildman–Crippen MR) is 92.1 cm³/mol. The van der Waals surface area contributed by atoms with Crippen LogP contribution in [0.3, 0.4) is 0 Å². The third kappa shape index (κ3) is 3.10. The van der Waals surface area contributed by atoms with Gasteiger partial charge in [0.05, 0.1) is 11.6 Å². The van der Waals surface area contributed by atoms with Crippen molar-refractivity contribution in [3.05, 3.63) is 46.0 Å². The number of benzene rings is 1. The number of amides is 1. The Kier molecular flexibility index (Phi) is 4.76. The zero-order valence-corrected chi connectivity index (χ0v) is 14.3. The summed E-state index contributed by atoms with van der Waals surface area (Å²) in [6.45, 7) is 4.19. The average Bonchev–Trinajstić information content (AvgIpc) is 3.02. The van der Waals surface area contributed by atoms with Crippen molar-refractivity contribution in [1.29, 1.82) is 5.26 Å². The normalized spacial score (nSPS) is 17.5. The minimum atomic E-state index is 0.00127. The molecule has 0 radical (unpaired) electrons. The molecule has 1 fully saturated rings. The maximum Gasteiger partial charge on any atom is 0.253 e. The van der Waals surface area contributed by atoms with Gasteiger partial charge in [-0.05, 0) is 56.2 Å². The van der Waals surface area contributed by atoms with E-state index in [4.69, 9.17) is 17.5 Å². The Bertz CT molecular complexity index is 830. The molecule has 2 aromatic rings. The number of carbonyl (C=O) groups excluding carboxylic acids is 1. The van der Waals surface area contributed by atoms with Crippen LogP contribution in [0.15, 0.2) is 24.3 Å². The van der Waals surface area contributed by atoms with E-state index in [0.717, 1.165) is 31.8 Å². The van der Waals surface area contributed by atoms with Gasteiger partial charge in [-0.2, -0.15) is 10.4 Å². The average molecular weight is 341 g/mol. The van der Waals surface area contributed by atoms with Gasteiger partial charge in [-0.1, -0.05) is 0 Å². The molecule has 124 valence electrons. The van der Waals surface area contributed by atoms with Gasteiger partial charge in [-0.15, -0.1) is 0 Å². The van der Waals surface area contributed by atoms with Crippen LogP contribution in [-0.4, -0.2) is 38.7 Å². The molecule has 0 unspecified atom stereocenters. The first-order valence-electron chi connectivity index (χ1n) is 8.08. The maximum absolute atomic E-state index is 12.7. The van der Waals surface area contributed by atoms with Gasteiger partial charge in [-0.3, -0.25) is 9.89 Å². The van der Waals surface area contributed by atoms with Crippen molar-refractivity contribution in [3.8, 4) is 6.07 Å². The van der Waals surface area contributed by atoms with Crippen molar-refractivity contribution in [3.63, 3.8) is 0 Å². The number of piperidine rings is 1. The van der Waals surface area contributed by atoms with Gasteiger partial charge in [0.15, 0.2) is 4.77 Å². The van der Waals surface area contributed by atoms with Crippen LogP contribution in [0.1, 0.15) is 47.4 Å². The van der Waals surface area contributed by atoms with Gasteiger partial charge < -0.3 is 9.47 Å². The summed E-state index contributed by atoms with van der Waals surface area (Å²) in [7, 11) is 0. The quantitative estimate of drug-likeness (QED) is 0.871. The summed E-state index contributed by atoms with van der Waals surface area (Å²) in [4.78, 5) is 14.6. The van der Waals surface area contributed by atoms with Crippen LogP contribution in [0.25, 0.3) is 0 Å². The van der Waals surface area contributed by atoms with E-state index in [1.165, 1.54) is 0 Å². The summed E-state index contributed by atoms with van der Waals surface area (Å²) >= 11 is 5.26. The molecule has 1 aromatic carbocycles. The molecule has 2 heterocycles. The van der Waals surface area contributed by atoms with Gasteiger partial charge in [0.2, 0.25) is 0 Å². The topological polar surface area (TPSA) is 77.7 Å². The van der Waals surface area contributed by atoms with E-state index >= 15 is 0 Å². The van der Waals surface area contributed by atoms with E-state index in [0.29, 0.717) is 22.4 Å². The Morgan fingerprint density at radius 3 is 2.88 bits per heavy atom. The first-order chi connectivity index (χ1) is 11.6. The number of H-pyrrole nitrogens is 1. The maximum atomic E-state index is 12.7. The van der Waals surface area contributed by atoms with Crippen LogP contribution in [0.2, 0.25) is 0 Å².